The van der Waals surface area contributed by atoms with Crippen molar-refractivity contribution < 1.29 is 5.11 Å². The molecule has 1 aromatic heterocycles. The number of pyridine rings is 1. The molecule has 0 aliphatic carbocycles. The van der Waals surface area contributed by atoms with Gasteiger partial charge in [0.2, 0.25) is 0 Å². The summed E-state index contributed by atoms with van der Waals surface area (Å²) < 4.78 is 0. The van der Waals surface area contributed by atoms with Gasteiger partial charge in [0.05, 0.1) is 12.1 Å². The molecule has 5 heteroatoms. The molecule has 1 heterocycles. The number of hydrogen-bond acceptors (Lipinski definition) is 5. The van der Waals surface area contributed by atoms with Crippen LogP contribution in [0.2, 0.25) is 0 Å². The van der Waals surface area contributed by atoms with Crippen molar-refractivity contribution in [3.8, 4) is 0 Å². The van der Waals surface area contributed by atoms with E-state index in [-0.39, 0.29) is 6.61 Å². The molecule has 0 spiro atoms. The van der Waals surface area contributed by atoms with E-state index in [0.29, 0.717) is 5.82 Å². The highest BCUT2D eigenvalue weighted by atomic mass is 32.2. The van der Waals surface area contributed by atoms with Crippen molar-refractivity contribution in [3.63, 3.8) is 0 Å². The third-order valence-corrected chi connectivity index (χ3v) is 3.42. The highest BCUT2D eigenvalue weighted by Gasteiger charge is 2.05. The van der Waals surface area contributed by atoms with E-state index in [2.05, 4.69) is 16.5 Å². The molecular formula is C12H15N3OS. The molecule has 1 aromatic carbocycles. The molecule has 0 aliphatic heterocycles. The number of aliphatic hydroxyl groups excluding tert-OH is 1. The van der Waals surface area contributed by atoms with Gasteiger partial charge in [0, 0.05) is 22.5 Å². The summed E-state index contributed by atoms with van der Waals surface area (Å²) in [6.07, 6.45) is 0. The maximum Gasteiger partial charge on any atom is 0.144 e. The van der Waals surface area contributed by atoms with Crippen molar-refractivity contribution in [2.24, 2.45) is 5.84 Å². The number of aromatic nitrogens is 1. The third kappa shape index (κ3) is 2.88. The Bertz CT molecular complexity index is 504. The Balaban J connectivity index is 2.32. The van der Waals surface area contributed by atoms with E-state index in [1.807, 2.05) is 24.3 Å². The summed E-state index contributed by atoms with van der Waals surface area (Å²) in [4.78, 5) is 4.46. The second-order valence-electron chi connectivity index (χ2n) is 3.61. The highest BCUT2D eigenvalue weighted by molar-refractivity contribution is 7.98. The fourth-order valence-electron chi connectivity index (χ4n) is 1.64. The average Bonchev–Trinajstić information content (AvgIpc) is 2.38. The van der Waals surface area contributed by atoms with Crippen LogP contribution in [-0.2, 0) is 5.75 Å². The molecule has 0 saturated carbocycles. The fraction of sp³-hybridized carbons (Fsp3) is 0.250. The highest BCUT2D eigenvalue weighted by Crippen LogP contribution is 2.23. The monoisotopic (exact) mass is 249 g/mol. The van der Waals surface area contributed by atoms with Gasteiger partial charge in [0.15, 0.2) is 0 Å². The Kier molecular flexibility index (Phi) is 4.19. The third-order valence-electron chi connectivity index (χ3n) is 2.43. The number of rotatable bonds is 5. The minimum Gasteiger partial charge on any atom is -0.396 e. The second kappa shape index (κ2) is 5.86. The van der Waals surface area contributed by atoms with E-state index in [9.17, 15) is 0 Å². The zero-order valence-electron chi connectivity index (χ0n) is 9.39. The first kappa shape index (κ1) is 12.2. The Morgan fingerprint density at radius 2 is 2.18 bits per heavy atom. The predicted molar refractivity (Wildman–Crippen MR) is 72.8 cm³/mol. The van der Waals surface area contributed by atoms with Gasteiger partial charge in [0.1, 0.15) is 5.82 Å². The lowest BCUT2D eigenvalue weighted by Crippen LogP contribution is -2.11. The Morgan fingerprint density at radius 1 is 1.35 bits per heavy atom. The minimum absolute atomic E-state index is 0.192. The van der Waals surface area contributed by atoms with E-state index >= 15 is 0 Å². The number of nitrogens with one attached hydrogen (secondary N) is 1. The number of anilines is 1. The molecule has 2 aromatic rings. The Hall–Kier alpha value is -1.30. The second-order valence-corrected chi connectivity index (χ2v) is 4.71. The van der Waals surface area contributed by atoms with Gasteiger partial charge in [-0.2, -0.15) is 11.8 Å². The maximum absolute atomic E-state index is 8.77. The van der Waals surface area contributed by atoms with Crippen LogP contribution in [0.15, 0.2) is 30.3 Å². The van der Waals surface area contributed by atoms with Crippen LogP contribution in [0, 0.1) is 0 Å². The van der Waals surface area contributed by atoms with Crippen molar-refractivity contribution in [2.45, 2.75) is 5.75 Å². The van der Waals surface area contributed by atoms with Crippen molar-refractivity contribution in [1.82, 2.24) is 4.98 Å². The van der Waals surface area contributed by atoms with Crippen LogP contribution >= 0.6 is 11.8 Å². The summed E-state index contributed by atoms with van der Waals surface area (Å²) in [7, 11) is 0. The van der Waals surface area contributed by atoms with Crippen LogP contribution < -0.4 is 11.3 Å². The molecular weight excluding hydrogens is 234 g/mol. The number of thioether (sulfide) groups is 1. The van der Waals surface area contributed by atoms with Crippen molar-refractivity contribution in [3.05, 3.63) is 35.9 Å². The van der Waals surface area contributed by atoms with E-state index in [1.54, 1.807) is 11.8 Å². The molecule has 2 rings (SSSR count). The number of nitrogen functional groups attached to an aromatic ring is 1. The lowest BCUT2D eigenvalue weighted by Gasteiger charge is -2.09. The minimum atomic E-state index is 0.192. The lowest BCUT2D eigenvalue weighted by molar-refractivity contribution is 0.322. The number of hydrazine groups is 1. The van der Waals surface area contributed by atoms with Crippen LogP contribution in [0.1, 0.15) is 5.56 Å². The van der Waals surface area contributed by atoms with Crippen LogP contribution in [-0.4, -0.2) is 22.5 Å². The van der Waals surface area contributed by atoms with Crippen LogP contribution in [0.3, 0.4) is 0 Å². The fourth-order valence-corrected chi connectivity index (χ4v) is 2.35. The molecule has 0 amide bonds. The zero-order valence-corrected chi connectivity index (χ0v) is 10.2. The number of nitrogens with zero attached hydrogens (tertiary/aromatic N) is 1. The van der Waals surface area contributed by atoms with Gasteiger partial charge >= 0.3 is 0 Å². The summed E-state index contributed by atoms with van der Waals surface area (Å²) >= 11 is 1.66. The molecule has 4 N–H and O–H groups in total. The molecule has 0 unspecified atom stereocenters. The molecule has 0 aliphatic rings. The first-order valence-corrected chi connectivity index (χ1v) is 6.54. The van der Waals surface area contributed by atoms with Gasteiger partial charge in [-0.1, -0.05) is 18.2 Å². The number of nitrogens with two attached hydrogens (primary N) is 1. The molecule has 4 nitrogen and oxygen atoms in total. The Labute approximate surface area is 104 Å². The topological polar surface area (TPSA) is 71.2 Å². The number of fused-ring (bicyclic) bond motifs is 1. The summed E-state index contributed by atoms with van der Waals surface area (Å²) in [6.45, 7) is 0.192. The number of hydrogen-bond donors (Lipinski definition) is 3. The quantitative estimate of drug-likeness (QED) is 0.428. The summed E-state index contributed by atoms with van der Waals surface area (Å²) in [5.41, 5.74) is 4.61. The van der Waals surface area contributed by atoms with E-state index in [0.717, 1.165) is 28.0 Å². The van der Waals surface area contributed by atoms with Crippen LogP contribution in [0.25, 0.3) is 10.9 Å². The van der Waals surface area contributed by atoms with Crippen molar-refractivity contribution >= 4 is 28.5 Å². The van der Waals surface area contributed by atoms with E-state index < -0.39 is 0 Å². The van der Waals surface area contributed by atoms with E-state index in [1.165, 1.54) is 0 Å². The van der Waals surface area contributed by atoms with Crippen LogP contribution in [0.5, 0.6) is 0 Å². The standard InChI is InChI=1S/C12H15N3OS/c13-15-12-10(8-17-6-5-16)7-9-3-1-2-4-11(9)14-12/h1-4,7,16H,5-6,8,13H2,(H,14,15). The number of aliphatic hydroxyl groups is 1. The first-order valence-electron chi connectivity index (χ1n) is 5.39. The van der Waals surface area contributed by atoms with Gasteiger partial charge in [-0.3, -0.25) is 0 Å². The summed E-state index contributed by atoms with van der Waals surface area (Å²) in [5.74, 6) is 7.69. The molecule has 0 bridgehead atoms. The predicted octanol–water partition coefficient (Wildman–Crippen LogP) is 1.75. The van der Waals surface area contributed by atoms with Gasteiger partial charge in [-0.15, -0.1) is 0 Å². The molecule has 17 heavy (non-hydrogen) atoms. The first-order chi connectivity index (χ1) is 8.35. The summed E-state index contributed by atoms with van der Waals surface area (Å²) in [5, 5.41) is 9.87. The van der Waals surface area contributed by atoms with Gasteiger partial charge in [0.25, 0.3) is 0 Å². The van der Waals surface area contributed by atoms with Gasteiger partial charge < -0.3 is 10.5 Å². The zero-order chi connectivity index (χ0) is 12.1. The summed E-state index contributed by atoms with van der Waals surface area (Å²) in [6, 6.07) is 10.0. The molecule has 90 valence electrons. The van der Waals surface area contributed by atoms with Gasteiger partial charge in [-0.05, 0) is 12.1 Å². The normalized spacial score (nSPS) is 10.7. The van der Waals surface area contributed by atoms with Crippen molar-refractivity contribution in [2.75, 3.05) is 17.8 Å². The molecule has 0 saturated heterocycles. The number of benzene rings is 1. The molecule has 0 atom stereocenters. The van der Waals surface area contributed by atoms with Crippen molar-refractivity contribution in [1.29, 1.82) is 0 Å². The largest absolute Gasteiger partial charge is 0.396 e. The lowest BCUT2D eigenvalue weighted by atomic mass is 10.1. The van der Waals surface area contributed by atoms with Crippen LogP contribution in [0.4, 0.5) is 5.82 Å². The maximum atomic E-state index is 8.77. The van der Waals surface area contributed by atoms with Gasteiger partial charge in [-0.25, -0.2) is 10.8 Å². The van der Waals surface area contributed by atoms with E-state index in [4.69, 9.17) is 10.9 Å². The SMILES string of the molecule is NNc1nc2ccccc2cc1CSCCO. The average molecular weight is 249 g/mol. The number of para-hydroxylation sites is 1. The Morgan fingerprint density at radius 3 is 2.94 bits per heavy atom. The molecule has 0 radical (unpaired) electrons. The smallest absolute Gasteiger partial charge is 0.144 e. The molecule has 0 fully saturated rings.